The average molecular weight is 543 g/mol. The van der Waals surface area contributed by atoms with Crippen LogP contribution in [0.25, 0.3) is 0 Å². The van der Waals surface area contributed by atoms with E-state index in [1.54, 1.807) is 24.1 Å². The Morgan fingerprint density at radius 1 is 1.00 bits per heavy atom. The highest BCUT2D eigenvalue weighted by molar-refractivity contribution is 6.05. The maximum atomic E-state index is 13.5. The number of hydrogen-bond acceptors (Lipinski definition) is 6. The number of anilines is 1. The molecule has 0 aliphatic carbocycles. The third-order valence-electron chi connectivity index (χ3n) is 7.71. The Balaban J connectivity index is 1.25. The highest BCUT2D eigenvalue weighted by atomic mass is 19.2. The maximum Gasteiger partial charge on any atom is 0.257 e. The highest BCUT2D eigenvalue weighted by Gasteiger charge is 2.39. The Morgan fingerprint density at radius 3 is 2.51 bits per heavy atom. The molecule has 5 rings (SSSR count). The van der Waals surface area contributed by atoms with Gasteiger partial charge in [-0.2, -0.15) is 0 Å². The summed E-state index contributed by atoms with van der Waals surface area (Å²) in [5.74, 6) is -2.67. The number of carbonyl (C=O) groups is 3. The smallest absolute Gasteiger partial charge is 0.257 e. The lowest BCUT2D eigenvalue weighted by atomic mass is 9.94. The molecule has 3 aliphatic heterocycles. The van der Waals surface area contributed by atoms with Crippen LogP contribution in [0.2, 0.25) is 0 Å². The molecule has 0 radical (unpaired) electrons. The lowest BCUT2D eigenvalue weighted by Gasteiger charge is -2.42. The Kier molecular flexibility index (Phi) is 7.81. The summed E-state index contributed by atoms with van der Waals surface area (Å²) in [6, 6.07) is 7.30. The minimum atomic E-state index is -1.12. The molecule has 2 saturated heterocycles. The monoisotopic (exact) mass is 542 g/mol. The van der Waals surface area contributed by atoms with Crippen molar-refractivity contribution in [3.63, 3.8) is 0 Å². The van der Waals surface area contributed by atoms with E-state index in [1.807, 2.05) is 11.9 Å². The van der Waals surface area contributed by atoms with Gasteiger partial charge in [-0.3, -0.25) is 14.4 Å². The molecule has 0 spiro atoms. The van der Waals surface area contributed by atoms with E-state index in [4.69, 9.17) is 9.47 Å². The standard InChI is InChI=1S/C28H32F2N4O5/c1-32-9-11-34(12-10-32)26(35)15-19-5-7-23-25(39-19)16-38-24-8-4-18(14-20(24)28(37)33(23)2)31-27(36)17-3-6-21(29)22(30)13-17/h3-4,6,8,13-14,19,23,25H,5,7,9-12,15-16H2,1-2H3,(H,31,36)/t19-,23-,25-/m0/s1. The molecule has 208 valence electrons. The van der Waals surface area contributed by atoms with Gasteiger partial charge in [0.2, 0.25) is 5.91 Å². The van der Waals surface area contributed by atoms with Gasteiger partial charge in [-0.15, -0.1) is 0 Å². The third-order valence-corrected chi connectivity index (χ3v) is 7.71. The van der Waals surface area contributed by atoms with Gasteiger partial charge >= 0.3 is 0 Å². The summed E-state index contributed by atoms with van der Waals surface area (Å²) < 4.78 is 39.1. The van der Waals surface area contributed by atoms with Crippen molar-refractivity contribution < 1.29 is 32.6 Å². The number of benzene rings is 2. The first-order valence-electron chi connectivity index (χ1n) is 13.1. The number of rotatable bonds is 4. The van der Waals surface area contributed by atoms with Crippen LogP contribution in [0.4, 0.5) is 14.5 Å². The van der Waals surface area contributed by atoms with Gasteiger partial charge in [0.1, 0.15) is 18.5 Å². The van der Waals surface area contributed by atoms with Gasteiger partial charge in [-0.1, -0.05) is 0 Å². The maximum absolute atomic E-state index is 13.5. The topological polar surface area (TPSA) is 91.4 Å². The van der Waals surface area contributed by atoms with Gasteiger partial charge in [0.15, 0.2) is 11.6 Å². The fourth-order valence-corrected chi connectivity index (χ4v) is 5.33. The SMILES string of the molecule is CN1CCN(C(=O)C[C@@H]2CC[C@H]3[C@H](COc4ccc(NC(=O)c5ccc(F)c(F)c5)cc4C(=O)N3C)O2)CC1. The van der Waals surface area contributed by atoms with Crippen LogP contribution in [0.15, 0.2) is 36.4 Å². The Bertz CT molecular complexity index is 1270. The fourth-order valence-electron chi connectivity index (χ4n) is 5.33. The molecule has 3 atom stereocenters. The first-order chi connectivity index (χ1) is 18.7. The number of likely N-dealkylation sites (N-methyl/N-ethyl adjacent to an activating group) is 2. The summed E-state index contributed by atoms with van der Waals surface area (Å²) >= 11 is 0. The number of ether oxygens (including phenoxy) is 2. The number of nitrogens with zero attached hydrogens (tertiary/aromatic N) is 3. The van der Waals surface area contributed by atoms with E-state index < -0.39 is 17.5 Å². The number of halogens is 2. The fraction of sp³-hybridized carbons (Fsp3) is 0.464. The molecular formula is C28H32F2N4O5. The average Bonchev–Trinajstić information content (AvgIpc) is 2.92. The lowest BCUT2D eigenvalue weighted by molar-refractivity contribution is -0.144. The predicted molar refractivity (Wildman–Crippen MR) is 139 cm³/mol. The van der Waals surface area contributed by atoms with Crippen molar-refractivity contribution in [3.05, 3.63) is 59.2 Å². The predicted octanol–water partition coefficient (Wildman–Crippen LogP) is 2.76. The normalized spacial score (nSPS) is 23.7. The largest absolute Gasteiger partial charge is 0.490 e. The molecule has 0 aromatic heterocycles. The lowest BCUT2D eigenvalue weighted by Crippen LogP contribution is -2.54. The van der Waals surface area contributed by atoms with Crippen molar-refractivity contribution >= 4 is 23.4 Å². The van der Waals surface area contributed by atoms with Crippen molar-refractivity contribution in [2.24, 2.45) is 0 Å². The molecule has 11 heteroatoms. The van der Waals surface area contributed by atoms with E-state index in [2.05, 4.69) is 10.2 Å². The van der Waals surface area contributed by atoms with Gasteiger partial charge < -0.3 is 29.5 Å². The molecule has 9 nitrogen and oxygen atoms in total. The number of nitrogens with one attached hydrogen (secondary N) is 1. The summed E-state index contributed by atoms with van der Waals surface area (Å²) in [5, 5.41) is 2.62. The van der Waals surface area contributed by atoms with Gasteiger partial charge in [-0.25, -0.2) is 8.78 Å². The summed E-state index contributed by atoms with van der Waals surface area (Å²) in [6.45, 7) is 3.36. The van der Waals surface area contributed by atoms with E-state index in [1.165, 1.54) is 12.1 Å². The van der Waals surface area contributed by atoms with E-state index in [9.17, 15) is 23.2 Å². The van der Waals surface area contributed by atoms with E-state index in [0.717, 1.165) is 25.2 Å². The van der Waals surface area contributed by atoms with E-state index in [-0.39, 0.29) is 47.8 Å². The quantitative estimate of drug-likeness (QED) is 0.639. The first-order valence-corrected chi connectivity index (χ1v) is 13.1. The van der Waals surface area contributed by atoms with E-state index in [0.29, 0.717) is 43.8 Å². The second-order valence-electron chi connectivity index (χ2n) is 10.4. The van der Waals surface area contributed by atoms with Crippen LogP contribution in [-0.2, 0) is 9.53 Å². The van der Waals surface area contributed by atoms with Gasteiger partial charge in [-0.05, 0) is 56.3 Å². The Labute approximate surface area is 225 Å². The van der Waals surface area contributed by atoms with Gasteiger partial charge in [0.25, 0.3) is 11.8 Å². The first kappa shape index (κ1) is 27.0. The van der Waals surface area contributed by atoms with Gasteiger partial charge in [0.05, 0.1) is 24.1 Å². The number of piperazine rings is 1. The zero-order chi connectivity index (χ0) is 27.7. The van der Waals surface area contributed by atoms with Crippen LogP contribution in [0.3, 0.4) is 0 Å². The van der Waals surface area contributed by atoms with Crippen molar-refractivity contribution in [1.82, 2.24) is 14.7 Å². The van der Waals surface area contributed by atoms with Crippen molar-refractivity contribution in [2.75, 3.05) is 52.2 Å². The minimum absolute atomic E-state index is 0.0526. The van der Waals surface area contributed by atoms with Crippen molar-refractivity contribution in [3.8, 4) is 5.75 Å². The summed E-state index contributed by atoms with van der Waals surface area (Å²) in [4.78, 5) is 44.6. The Morgan fingerprint density at radius 2 is 1.77 bits per heavy atom. The van der Waals surface area contributed by atoms with E-state index >= 15 is 0 Å². The highest BCUT2D eigenvalue weighted by Crippen LogP contribution is 2.33. The number of fused-ring (bicyclic) bond motifs is 2. The molecule has 3 amide bonds. The third kappa shape index (κ3) is 5.89. The second kappa shape index (κ2) is 11.3. The van der Waals surface area contributed by atoms with Crippen molar-refractivity contribution in [2.45, 2.75) is 37.5 Å². The molecule has 0 saturated carbocycles. The van der Waals surface area contributed by atoms with Crippen LogP contribution < -0.4 is 10.1 Å². The molecule has 0 unspecified atom stereocenters. The molecule has 39 heavy (non-hydrogen) atoms. The molecule has 2 aromatic carbocycles. The molecule has 1 N–H and O–H groups in total. The number of amides is 3. The number of hydrogen-bond donors (Lipinski definition) is 1. The van der Waals surface area contributed by atoms with Gasteiger partial charge in [0, 0.05) is 44.5 Å². The van der Waals surface area contributed by atoms with Crippen LogP contribution in [0, 0.1) is 11.6 Å². The van der Waals surface area contributed by atoms with Crippen LogP contribution in [-0.4, -0.2) is 97.6 Å². The summed E-state index contributed by atoms with van der Waals surface area (Å²) in [7, 11) is 3.75. The molecule has 3 heterocycles. The zero-order valence-corrected chi connectivity index (χ0v) is 22.0. The van der Waals surface area contributed by atoms with Crippen molar-refractivity contribution in [1.29, 1.82) is 0 Å². The molecule has 0 bridgehead atoms. The zero-order valence-electron chi connectivity index (χ0n) is 22.0. The summed E-state index contributed by atoms with van der Waals surface area (Å²) in [5.41, 5.74) is 0.530. The Hall–Kier alpha value is -3.57. The summed E-state index contributed by atoms with van der Waals surface area (Å²) in [6.07, 6.45) is 0.994. The van der Waals surface area contributed by atoms with Crippen LogP contribution in [0.5, 0.6) is 5.75 Å². The minimum Gasteiger partial charge on any atom is -0.490 e. The van der Waals surface area contributed by atoms with Crippen LogP contribution in [0.1, 0.15) is 40.0 Å². The second-order valence-corrected chi connectivity index (χ2v) is 10.4. The molecule has 3 aliphatic rings. The molecule has 2 fully saturated rings. The van der Waals surface area contributed by atoms with Crippen LogP contribution >= 0.6 is 0 Å². The number of carbonyl (C=O) groups excluding carboxylic acids is 3. The molecule has 2 aromatic rings. The molecular weight excluding hydrogens is 510 g/mol.